The number of rotatable bonds is 5. The third-order valence-electron chi connectivity index (χ3n) is 3.40. The second-order valence-corrected chi connectivity index (χ2v) is 7.13. The molecule has 2 aromatic heterocycles. The van der Waals surface area contributed by atoms with E-state index >= 15 is 0 Å². The Balaban J connectivity index is 2.01. The number of carbonyl (C=O) groups is 1. The summed E-state index contributed by atoms with van der Waals surface area (Å²) in [6.45, 7) is 4.71. The molecule has 0 spiro atoms. The molecule has 1 N–H and O–H groups in total. The van der Waals surface area contributed by atoms with E-state index in [1.807, 2.05) is 34.0 Å². The normalized spacial score (nSPS) is 12.7. The number of aryl methyl sites for hydroxylation is 2. The van der Waals surface area contributed by atoms with Crippen LogP contribution in [0.2, 0.25) is 0 Å². The minimum absolute atomic E-state index is 0.0216. The fourth-order valence-electron chi connectivity index (χ4n) is 2.02. The molecule has 20 heavy (non-hydrogen) atoms. The maximum atomic E-state index is 12.2. The molecule has 0 aliphatic rings. The summed E-state index contributed by atoms with van der Waals surface area (Å²) in [6.07, 6.45) is 0. The van der Waals surface area contributed by atoms with E-state index in [-0.39, 0.29) is 11.9 Å². The summed E-state index contributed by atoms with van der Waals surface area (Å²) in [6, 6.07) is 4.29. The van der Waals surface area contributed by atoms with Crippen molar-refractivity contribution in [3.63, 3.8) is 0 Å². The predicted molar refractivity (Wildman–Crippen MR) is 86.9 cm³/mol. The molecule has 0 saturated carbocycles. The smallest absolute Gasteiger partial charge is 0.261 e. The number of nitrogens with one attached hydrogen (secondary N) is 1. The molecule has 0 unspecified atom stereocenters. The minimum atomic E-state index is 0.0216. The molecule has 3 nitrogen and oxygen atoms in total. The molecule has 1 amide bonds. The van der Waals surface area contributed by atoms with Crippen LogP contribution in [0.25, 0.3) is 0 Å². The maximum absolute atomic E-state index is 12.2. The first-order valence-electron chi connectivity index (χ1n) is 6.52. The molecule has 0 radical (unpaired) electrons. The molecule has 0 fully saturated rings. The van der Waals surface area contributed by atoms with Gasteiger partial charge < -0.3 is 10.2 Å². The zero-order valence-electron chi connectivity index (χ0n) is 12.3. The molecule has 5 heteroatoms. The number of nitrogens with zero attached hydrogens (tertiary/aromatic N) is 1. The SMILES string of the molecule is Cc1cc(C(=O)NC[C@@H](c2ccsc2)N(C)C)sc1C. The Morgan fingerprint density at radius 1 is 1.40 bits per heavy atom. The average Bonchev–Trinajstić information content (AvgIpc) is 3.00. The zero-order valence-corrected chi connectivity index (χ0v) is 13.9. The molecule has 2 aromatic rings. The lowest BCUT2D eigenvalue weighted by Crippen LogP contribution is -2.34. The summed E-state index contributed by atoms with van der Waals surface area (Å²) in [5.41, 5.74) is 2.43. The van der Waals surface area contributed by atoms with Gasteiger partial charge in [-0.05, 0) is 62.0 Å². The number of amides is 1. The van der Waals surface area contributed by atoms with Crippen molar-refractivity contribution < 1.29 is 4.79 Å². The lowest BCUT2D eigenvalue weighted by molar-refractivity contribution is 0.0946. The minimum Gasteiger partial charge on any atom is -0.349 e. The van der Waals surface area contributed by atoms with Crippen LogP contribution in [0.15, 0.2) is 22.9 Å². The van der Waals surface area contributed by atoms with Crippen LogP contribution >= 0.6 is 22.7 Å². The van der Waals surface area contributed by atoms with Gasteiger partial charge in [-0.15, -0.1) is 11.3 Å². The molecule has 2 rings (SSSR count). The first-order chi connectivity index (χ1) is 9.49. The third kappa shape index (κ3) is 3.48. The fraction of sp³-hybridized carbons (Fsp3) is 0.400. The Morgan fingerprint density at radius 3 is 2.65 bits per heavy atom. The summed E-state index contributed by atoms with van der Waals surface area (Å²) in [7, 11) is 4.07. The quantitative estimate of drug-likeness (QED) is 0.917. The molecular weight excluding hydrogens is 288 g/mol. The Hall–Kier alpha value is -1.17. The molecule has 0 saturated heterocycles. The second-order valence-electron chi connectivity index (χ2n) is 5.10. The highest BCUT2D eigenvalue weighted by Gasteiger charge is 2.17. The molecular formula is C15H20N2OS2. The van der Waals surface area contributed by atoms with Crippen molar-refractivity contribution in [1.82, 2.24) is 10.2 Å². The molecule has 0 aliphatic heterocycles. The van der Waals surface area contributed by atoms with Crippen molar-refractivity contribution in [1.29, 1.82) is 0 Å². The van der Waals surface area contributed by atoms with Gasteiger partial charge in [-0.1, -0.05) is 0 Å². The summed E-state index contributed by atoms with van der Waals surface area (Å²) in [5.74, 6) is 0.0216. The van der Waals surface area contributed by atoms with E-state index < -0.39 is 0 Å². The Kier molecular flexibility index (Phi) is 4.96. The first kappa shape index (κ1) is 15.2. The topological polar surface area (TPSA) is 32.3 Å². The second kappa shape index (κ2) is 6.52. The van der Waals surface area contributed by atoms with E-state index in [0.717, 1.165) is 4.88 Å². The van der Waals surface area contributed by atoms with E-state index in [0.29, 0.717) is 6.54 Å². The monoisotopic (exact) mass is 308 g/mol. The summed E-state index contributed by atoms with van der Waals surface area (Å²) in [4.78, 5) is 16.3. The van der Waals surface area contributed by atoms with Crippen LogP contribution in [-0.2, 0) is 0 Å². The molecule has 0 aliphatic carbocycles. The molecule has 0 bridgehead atoms. The van der Waals surface area contributed by atoms with Crippen LogP contribution in [0.5, 0.6) is 0 Å². The van der Waals surface area contributed by atoms with Crippen LogP contribution in [0.3, 0.4) is 0 Å². The van der Waals surface area contributed by atoms with E-state index in [2.05, 4.69) is 27.0 Å². The standard InChI is InChI=1S/C15H20N2OS2/c1-10-7-14(20-11(10)2)15(18)16-8-13(17(3)4)12-5-6-19-9-12/h5-7,9,13H,8H2,1-4H3,(H,16,18)/t13-/m0/s1. The highest BCUT2D eigenvalue weighted by molar-refractivity contribution is 7.14. The van der Waals surface area contributed by atoms with Gasteiger partial charge in [0.2, 0.25) is 0 Å². The molecule has 1 atom stereocenters. The molecule has 108 valence electrons. The van der Waals surface area contributed by atoms with Gasteiger partial charge in [0.25, 0.3) is 5.91 Å². The largest absolute Gasteiger partial charge is 0.349 e. The fourth-order valence-corrected chi connectivity index (χ4v) is 3.68. The van der Waals surface area contributed by atoms with Gasteiger partial charge >= 0.3 is 0 Å². The van der Waals surface area contributed by atoms with Crippen molar-refractivity contribution in [2.24, 2.45) is 0 Å². The van der Waals surface area contributed by atoms with Crippen molar-refractivity contribution in [2.75, 3.05) is 20.6 Å². The number of hydrogen-bond donors (Lipinski definition) is 1. The van der Waals surface area contributed by atoms with Gasteiger partial charge in [0, 0.05) is 11.4 Å². The third-order valence-corrected chi connectivity index (χ3v) is 5.25. The van der Waals surface area contributed by atoms with Gasteiger partial charge in [-0.2, -0.15) is 11.3 Å². The van der Waals surface area contributed by atoms with Gasteiger partial charge in [0.05, 0.1) is 10.9 Å². The van der Waals surface area contributed by atoms with Crippen LogP contribution in [0.4, 0.5) is 0 Å². The summed E-state index contributed by atoms with van der Waals surface area (Å²) in [5, 5.41) is 7.25. The van der Waals surface area contributed by atoms with Crippen LogP contribution in [0, 0.1) is 13.8 Å². The van der Waals surface area contributed by atoms with Crippen molar-refractivity contribution >= 4 is 28.6 Å². The summed E-state index contributed by atoms with van der Waals surface area (Å²) < 4.78 is 0. The maximum Gasteiger partial charge on any atom is 0.261 e. The van der Waals surface area contributed by atoms with E-state index in [1.54, 1.807) is 22.7 Å². The number of likely N-dealkylation sites (N-methyl/N-ethyl adjacent to an activating group) is 1. The number of hydrogen-bond acceptors (Lipinski definition) is 4. The van der Waals surface area contributed by atoms with Crippen molar-refractivity contribution in [2.45, 2.75) is 19.9 Å². The lowest BCUT2D eigenvalue weighted by Gasteiger charge is -2.23. The molecule has 0 aromatic carbocycles. The first-order valence-corrected chi connectivity index (χ1v) is 8.28. The Bertz CT molecular complexity index is 553. The lowest BCUT2D eigenvalue weighted by atomic mass is 10.1. The average molecular weight is 308 g/mol. The predicted octanol–water partition coefficient (Wildman–Crippen LogP) is 3.46. The zero-order chi connectivity index (χ0) is 14.7. The molecule has 2 heterocycles. The van der Waals surface area contributed by atoms with Gasteiger partial charge in [0.15, 0.2) is 0 Å². The Morgan fingerprint density at radius 2 is 2.15 bits per heavy atom. The van der Waals surface area contributed by atoms with Crippen molar-refractivity contribution in [3.05, 3.63) is 43.8 Å². The van der Waals surface area contributed by atoms with E-state index in [1.165, 1.54) is 16.0 Å². The van der Waals surface area contributed by atoms with Gasteiger partial charge in [0.1, 0.15) is 0 Å². The highest BCUT2D eigenvalue weighted by Crippen LogP contribution is 2.22. The summed E-state index contributed by atoms with van der Waals surface area (Å²) >= 11 is 3.24. The van der Waals surface area contributed by atoms with Gasteiger partial charge in [-0.25, -0.2) is 0 Å². The van der Waals surface area contributed by atoms with Crippen LogP contribution < -0.4 is 5.32 Å². The Labute approximate surface area is 128 Å². The number of thiophene rings is 2. The van der Waals surface area contributed by atoms with Gasteiger partial charge in [-0.3, -0.25) is 4.79 Å². The van der Waals surface area contributed by atoms with E-state index in [4.69, 9.17) is 0 Å². The number of carbonyl (C=O) groups excluding carboxylic acids is 1. The van der Waals surface area contributed by atoms with Crippen LogP contribution in [0.1, 0.15) is 31.7 Å². The van der Waals surface area contributed by atoms with Crippen LogP contribution in [-0.4, -0.2) is 31.4 Å². The van der Waals surface area contributed by atoms with E-state index in [9.17, 15) is 4.79 Å². The highest BCUT2D eigenvalue weighted by atomic mass is 32.1. The van der Waals surface area contributed by atoms with Crippen molar-refractivity contribution in [3.8, 4) is 0 Å².